The molecule has 6 nitrogen and oxygen atoms in total. The number of primary sulfonamides is 1. The van der Waals surface area contributed by atoms with E-state index in [0.717, 1.165) is 17.4 Å². The zero-order valence-electron chi connectivity index (χ0n) is 11.8. The molecule has 4 N–H and O–H groups in total. The molecule has 9 heteroatoms. The molecule has 0 bridgehead atoms. The Morgan fingerprint density at radius 1 is 1.48 bits per heavy atom. The lowest BCUT2D eigenvalue weighted by Gasteiger charge is -2.14. The molecule has 1 aliphatic rings. The van der Waals surface area contributed by atoms with Crippen LogP contribution in [-0.2, 0) is 16.6 Å². The summed E-state index contributed by atoms with van der Waals surface area (Å²) in [6.45, 7) is 1.43. The van der Waals surface area contributed by atoms with Crippen LogP contribution in [0, 0.1) is 0 Å². The number of thioether (sulfide) groups is 1. The Labute approximate surface area is 133 Å². The molecule has 0 saturated carbocycles. The van der Waals surface area contributed by atoms with Crippen molar-refractivity contribution in [1.82, 2.24) is 10.6 Å². The van der Waals surface area contributed by atoms with E-state index < -0.39 is 10.0 Å². The van der Waals surface area contributed by atoms with Crippen LogP contribution in [0.5, 0.6) is 0 Å². The third kappa shape index (κ3) is 5.17. The summed E-state index contributed by atoms with van der Waals surface area (Å²) in [4.78, 5) is 5.07. The van der Waals surface area contributed by atoms with Crippen LogP contribution in [0.4, 0.5) is 0 Å². The third-order valence-corrected chi connectivity index (χ3v) is 7.01. The van der Waals surface area contributed by atoms with E-state index in [1.807, 2.05) is 11.8 Å². The van der Waals surface area contributed by atoms with E-state index in [2.05, 4.69) is 15.6 Å². The van der Waals surface area contributed by atoms with Crippen LogP contribution in [-0.4, -0.2) is 39.0 Å². The smallest absolute Gasteiger partial charge is 0.247 e. The number of nitrogens with two attached hydrogens (primary N) is 1. The summed E-state index contributed by atoms with van der Waals surface area (Å²) >= 11 is 3.16. The maximum absolute atomic E-state index is 11.2. The molecule has 1 unspecified atom stereocenters. The number of sulfonamides is 1. The molecule has 0 aliphatic carbocycles. The van der Waals surface area contributed by atoms with Gasteiger partial charge in [-0.3, -0.25) is 4.99 Å². The van der Waals surface area contributed by atoms with Crippen molar-refractivity contribution in [2.45, 2.75) is 28.8 Å². The van der Waals surface area contributed by atoms with Gasteiger partial charge in [0.1, 0.15) is 4.21 Å². The number of rotatable bonds is 5. The zero-order valence-corrected chi connectivity index (χ0v) is 14.3. The van der Waals surface area contributed by atoms with Gasteiger partial charge in [0, 0.05) is 23.7 Å². The first-order chi connectivity index (χ1) is 9.99. The Kier molecular flexibility index (Phi) is 5.91. The van der Waals surface area contributed by atoms with Gasteiger partial charge in [0.2, 0.25) is 10.0 Å². The first kappa shape index (κ1) is 16.6. The van der Waals surface area contributed by atoms with Gasteiger partial charge in [-0.1, -0.05) is 0 Å². The monoisotopic (exact) mass is 348 g/mol. The Morgan fingerprint density at radius 2 is 2.29 bits per heavy atom. The Morgan fingerprint density at radius 3 is 2.86 bits per heavy atom. The molecular weight excluding hydrogens is 328 g/mol. The number of nitrogens with one attached hydrogen (secondary N) is 2. The first-order valence-corrected chi connectivity index (χ1v) is 10.1. The van der Waals surface area contributed by atoms with E-state index in [-0.39, 0.29) is 4.21 Å². The minimum Gasteiger partial charge on any atom is -0.355 e. The number of thiophene rings is 1. The van der Waals surface area contributed by atoms with Crippen LogP contribution in [0.1, 0.15) is 17.7 Å². The van der Waals surface area contributed by atoms with Crippen molar-refractivity contribution in [2.75, 3.05) is 19.3 Å². The van der Waals surface area contributed by atoms with Crippen molar-refractivity contribution in [2.24, 2.45) is 10.1 Å². The molecule has 1 saturated heterocycles. The second-order valence-corrected chi connectivity index (χ2v) is 9.07. The van der Waals surface area contributed by atoms with Gasteiger partial charge in [-0.2, -0.15) is 11.8 Å². The lowest BCUT2D eigenvalue weighted by molar-refractivity contribution is 0.600. The van der Waals surface area contributed by atoms with Crippen molar-refractivity contribution >= 4 is 39.1 Å². The molecule has 1 aromatic rings. The highest BCUT2D eigenvalue weighted by atomic mass is 32.2. The molecule has 1 aliphatic heterocycles. The lowest BCUT2D eigenvalue weighted by atomic mass is 10.2. The van der Waals surface area contributed by atoms with Gasteiger partial charge in [0.25, 0.3) is 0 Å². The highest BCUT2D eigenvalue weighted by Crippen LogP contribution is 2.25. The maximum Gasteiger partial charge on any atom is 0.247 e. The summed E-state index contributed by atoms with van der Waals surface area (Å²) < 4.78 is 22.6. The van der Waals surface area contributed by atoms with Crippen molar-refractivity contribution in [3.63, 3.8) is 0 Å². The average molecular weight is 349 g/mol. The predicted molar refractivity (Wildman–Crippen MR) is 89.4 cm³/mol. The molecule has 2 rings (SSSR count). The average Bonchev–Trinajstić information content (AvgIpc) is 3.09. The summed E-state index contributed by atoms with van der Waals surface area (Å²) in [5.41, 5.74) is 0. The summed E-state index contributed by atoms with van der Waals surface area (Å²) in [7, 11) is -1.88. The number of hydrogen-bond donors (Lipinski definition) is 3. The molecule has 0 spiro atoms. The van der Waals surface area contributed by atoms with Gasteiger partial charge >= 0.3 is 0 Å². The summed E-state index contributed by atoms with van der Waals surface area (Å²) in [5, 5.41) is 12.2. The standard InChI is InChI=1S/C12H20N4O2S3/c1-14-12(15-7-9-3-2-6-19-9)16-8-10-4-5-11(20-10)21(13,17)18/h4-5,9H,2-3,6-8H2,1H3,(H2,13,17,18)(H2,14,15,16). The van der Waals surface area contributed by atoms with Gasteiger partial charge in [-0.15, -0.1) is 11.3 Å². The van der Waals surface area contributed by atoms with E-state index in [1.54, 1.807) is 13.1 Å². The van der Waals surface area contributed by atoms with Crippen molar-refractivity contribution in [1.29, 1.82) is 0 Å². The molecule has 1 aromatic heterocycles. The molecule has 2 heterocycles. The van der Waals surface area contributed by atoms with E-state index in [0.29, 0.717) is 11.8 Å². The molecule has 0 aromatic carbocycles. The molecule has 21 heavy (non-hydrogen) atoms. The molecule has 1 fully saturated rings. The minimum atomic E-state index is -3.61. The summed E-state index contributed by atoms with van der Waals surface area (Å²) in [6, 6.07) is 3.29. The van der Waals surface area contributed by atoms with Crippen molar-refractivity contribution in [3.8, 4) is 0 Å². The quantitative estimate of drug-likeness (QED) is 0.544. The van der Waals surface area contributed by atoms with E-state index >= 15 is 0 Å². The third-order valence-electron chi connectivity index (χ3n) is 3.09. The highest BCUT2D eigenvalue weighted by Gasteiger charge is 2.16. The first-order valence-electron chi connectivity index (χ1n) is 6.66. The minimum absolute atomic E-state index is 0.185. The highest BCUT2D eigenvalue weighted by molar-refractivity contribution is 8.00. The Balaban J connectivity index is 1.81. The van der Waals surface area contributed by atoms with E-state index in [1.165, 1.54) is 36.0 Å². The molecular formula is C12H20N4O2S3. The molecule has 0 amide bonds. The molecule has 118 valence electrons. The molecule has 0 radical (unpaired) electrons. The van der Waals surface area contributed by atoms with Crippen LogP contribution in [0.2, 0.25) is 0 Å². The van der Waals surface area contributed by atoms with Crippen molar-refractivity contribution < 1.29 is 8.42 Å². The zero-order chi connectivity index (χ0) is 15.3. The topological polar surface area (TPSA) is 96.6 Å². The number of nitrogens with zero attached hydrogens (tertiary/aromatic N) is 1. The summed E-state index contributed by atoms with van der Waals surface area (Å²) in [6.07, 6.45) is 2.53. The van der Waals surface area contributed by atoms with Gasteiger partial charge in [0.15, 0.2) is 5.96 Å². The molecule has 1 atom stereocenters. The lowest BCUT2D eigenvalue weighted by Crippen LogP contribution is -2.39. The second kappa shape index (κ2) is 7.48. The van der Waals surface area contributed by atoms with Crippen LogP contribution >= 0.6 is 23.1 Å². The number of hydrogen-bond acceptors (Lipinski definition) is 5. The fourth-order valence-electron chi connectivity index (χ4n) is 2.01. The van der Waals surface area contributed by atoms with Gasteiger partial charge in [-0.05, 0) is 30.7 Å². The Bertz CT molecular complexity index is 591. The predicted octanol–water partition coefficient (Wildman–Crippen LogP) is 0.956. The van der Waals surface area contributed by atoms with Crippen LogP contribution in [0.15, 0.2) is 21.3 Å². The normalized spacial score (nSPS) is 19.7. The number of aliphatic imine (C=N–C) groups is 1. The van der Waals surface area contributed by atoms with Gasteiger partial charge in [-0.25, -0.2) is 13.6 Å². The Hall–Kier alpha value is -0.770. The summed E-state index contributed by atoms with van der Waals surface area (Å²) in [5.74, 6) is 1.97. The van der Waals surface area contributed by atoms with E-state index in [9.17, 15) is 8.42 Å². The van der Waals surface area contributed by atoms with Gasteiger partial charge in [0.05, 0.1) is 6.54 Å². The van der Waals surface area contributed by atoms with Crippen molar-refractivity contribution in [3.05, 3.63) is 17.0 Å². The second-order valence-electron chi connectivity index (χ2n) is 4.71. The maximum atomic E-state index is 11.2. The van der Waals surface area contributed by atoms with E-state index in [4.69, 9.17) is 5.14 Å². The fourth-order valence-corrected chi connectivity index (χ4v) is 4.93. The van der Waals surface area contributed by atoms with Gasteiger partial charge < -0.3 is 10.6 Å². The number of guanidine groups is 1. The fraction of sp³-hybridized carbons (Fsp3) is 0.583. The van der Waals surface area contributed by atoms with Crippen LogP contribution in [0.25, 0.3) is 0 Å². The largest absolute Gasteiger partial charge is 0.355 e. The van der Waals surface area contributed by atoms with Crippen LogP contribution < -0.4 is 15.8 Å². The van der Waals surface area contributed by atoms with Crippen LogP contribution in [0.3, 0.4) is 0 Å². The SMILES string of the molecule is CN=C(NCc1ccc(S(N)(=O)=O)s1)NCC1CCCS1.